The van der Waals surface area contributed by atoms with Gasteiger partial charge in [-0.2, -0.15) is 0 Å². The molecule has 2 aromatic rings. The molecule has 1 amide bonds. The van der Waals surface area contributed by atoms with Gasteiger partial charge in [-0.3, -0.25) is 4.79 Å². The number of nitrogens with zero attached hydrogens (tertiary/aromatic N) is 1. The Hall–Kier alpha value is -2.73. The van der Waals surface area contributed by atoms with E-state index >= 15 is 0 Å². The minimum atomic E-state index is -0.218. The smallest absolute Gasteiger partial charge is 0.262 e. The fourth-order valence-corrected chi connectivity index (χ4v) is 2.68. The van der Waals surface area contributed by atoms with E-state index in [0.717, 1.165) is 37.7 Å². The first-order valence-electron chi connectivity index (χ1n) is 8.24. The molecule has 0 spiro atoms. The van der Waals surface area contributed by atoms with Gasteiger partial charge in [0.15, 0.2) is 18.1 Å². The summed E-state index contributed by atoms with van der Waals surface area (Å²) in [5.41, 5.74) is 1.82. The highest BCUT2D eigenvalue weighted by molar-refractivity contribution is 5.92. The van der Waals surface area contributed by atoms with Crippen LogP contribution in [-0.2, 0) is 9.53 Å². The fraction of sp³-hybridized carbons (Fsp3) is 0.316. The fourth-order valence-electron chi connectivity index (χ4n) is 2.68. The Morgan fingerprint density at radius 3 is 2.64 bits per heavy atom. The Morgan fingerprint density at radius 2 is 1.88 bits per heavy atom. The SMILES string of the molecule is COc1ccccc1OCC(=O)Nc1cccc(N2CCOCC2)c1. The maximum absolute atomic E-state index is 12.2. The van der Waals surface area contributed by atoms with E-state index in [0.29, 0.717) is 11.5 Å². The van der Waals surface area contributed by atoms with Crippen molar-refractivity contribution < 1.29 is 19.0 Å². The van der Waals surface area contributed by atoms with Crippen molar-refractivity contribution in [3.8, 4) is 11.5 Å². The van der Waals surface area contributed by atoms with Gasteiger partial charge in [-0.1, -0.05) is 18.2 Å². The highest BCUT2D eigenvalue weighted by Crippen LogP contribution is 2.26. The number of morpholine rings is 1. The molecular weight excluding hydrogens is 320 g/mol. The largest absolute Gasteiger partial charge is 0.493 e. The monoisotopic (exact) mass is 342 g/mol. The van der Waals surface area contributed by atoms with Crippen LogP contribution in [0.25, 0.3) is 0 Å². The second-order valence-corrected chi connectivity index (χ2v) is 5.64. The van der Waals surface area contributed by atoms with Gasteiger partial charge in [0.1, 0.15) is 0 Å². The molecule has 132 valence electrons. The van der Waals surface area contributed by atoms with Crippen molar-refractivity contribution in [2.24, 2.45) is 0 Å². The highest BCUT2D eigenvalue weighted by Gasteiger charge is 2.12. The van der Waals surface area contributed by atoms with Gasteiger partial charge in [-0.25, -0.2) is 0 Å². The number of para-hydroxylation sites is 2. The zero-order valence-corrected chi connectivity index (χ0v) is 14.2. The summed E-state index contributed by atoms with van der Waals surface area (Å²) in [7, 11) is 1.57. The Balaban J connectivity index is 1.57. The Bertz CT molecular complexity index is 714. The van der Waals surface area contributed by atoms with Crippen LogP contribution in [0.3, 0.4) is 0 Å². The van der Waals surface area contributed by atoms with Gasteiger partial charge in [-0.05, 0) is 30.3 Å². The number of methoxy groups -OCH3 is 1. The van der Waals surface area contributed by atoms with Gasteiger partial charge in [0.05, 0.1) is 20.3 Å². The summed E-state index contributed by atoms with van der Waals surface area (Å²) in [5.74, 6) is 0.928. The van der Waals surface area contributed by atoms with E-state index in [2.05, 4.69) is 10.2 Å². The van der Waals surface area contributed by atoms with E-state index in [4.69, 9.17) is 14.2 Å². The number of anilines is 2. The molecule has 0 unspecified atom stereocenters. The van der Waals surface area contributed by atoms with Crippen LogP contribution in [0.4, 0.5) is 11.4 Å². The van der Waals surface area contributed by atoms with Crippen molar-refractivity contribution in [1.82, 2.24) is 0 Å². The molecule has 1 aliphatic heterocycles. The van der Waals surface area contributed by atoms with Crippen LogP contribution in [0.2, 0.25) is 0 Å². The highest BCUT2D eigenvalue weighted by atomic mass is 16.5. The molecule has 0 saturated carbocycles. The van der Waals surface area contributed by atoms with Crippen LogP contribution in [0.5, 0.6) is 11.5 Å². The standard InChI is InChI=1S/C19H22N2O4/c1-23-17-7-2-3-8-18(17)25-14-19(22)20-15-5-4-6-16(13-15)21-9-11-24-12-10-21/h2-8,13H,9-12,14H2,1H3,(H,20,22). The molecule has 6 heteroatoms. The average Bonchev–Trinajstić information content (AvgIpc) is 2.67. The molecule has 1 heterocycles. The summed E-state index contributed by atoms with van der Waals surface area (Å²) < 4.78 is 16.1. The predicted octanol–water partition coefficient (Wildman–Crippen LogP) is 2.55. The molecule has 0 radical (unpaired) electrons. The first-order valence-corrected chi connectivity index (χ1v) is 8.24. The summed E-state index contributed by atoms with van der Waals surface area (Å²) in [6, 6.07) is 15.0. The lowest BCUT2D eigenvalue weighted by molar-refractivity contribution is -0.118. The van der Waals surface area contributed by atoms with E-state index in [1.54, 1.807) is 19.2 Å². The third kappa shape index (κ3) is 4.64. The molecule has 0 atom stereocenters. The van der Waals surface area contributed by atoms with E-state index in [9.17, 15) is 4.79 Å². The molecule has 25 heavy (non-hydrogen) atoms. The van der Waals surface area contributed by atoms with Crippen LogP contribution < -0.4 is 19.7 Å². The molecule has 2 aromatic carbocycles. The van der Waals surface area contributed by atoms with Crippen LogP contribution in [0.15, 0.2) is 48.5 Å². The predicted molar refractivity (Wildman–Crippen MR) is 96.6 cm³/mol. The number of nitrogens with one attached hydrogen (secondary N) is 1. The molecule has 0 aliphatic carbocycles. The summed E-state index contributed by atoms with van der Waals surface area (Å²) in [5, 5.41) is 2.87. The number of benzene rings is 2. The van der Waals surface area contributed by atoms with Gasteiger partial charge in [-0.15, -0.1) is 0 Å². The van der Waals surface area contributed by atoms with E-state index in [1.165, 1.54) is 0 Å². The lowest BCUT2D eigenvalue weighted by Gasteiger charge is -2.29. The number of hydrogen-bond acceptors (Lipinski definition) is 5. The molecule has 1 fully saturated rings. The van der Waals surface area contributed by atoms with Gasteiger partial charge in [0, 0.05) is 24.5 Å². The number of ether oxygens (including phenoxy) is 3. The van der Waals surface area contributed by atoms with Gasteiger partial charge in [0.25, 0.3) is 5.91 Å². The van der Waals surface area contributed by atoms with Gasteiger partial charge in [0.2, 0.25) is 0 Å². The topological polar surface area (TPSA) is 60.0 Å². The second-order valence-electron chi connectivity index (χ2n) is 5.64. The summed E-state index contributed by atoms with van der Waals surface area (Å²) in [6.07, 6.45) is 0. The van der Waals surface area contributed by atoms with Crippen LogP contribution in [0, 0.1) is 0 Å². The van der Waals surface area contributed by atoms with E-state index in [-0.39, 0.29) is 12.5 Å². The number of carbonyl (C=O) groups excluding carboxylic acids is 1. The molecule has 0 aromatic heterocycles. The summed E-state index contributed by atoms with van der Waals surface area (Å²) in [4.78, 5) is 14.4. The van der Waals surface area contributed by atoms with Crippen molar-refractivity contribution in [3.63, 3.8) is 0 Å². The lowest BCUT2D eigenvalue weighted by Crippen LogP contribution is -2.36. The first kappa shape index (κ1) is 17.1. The molecule has 1 N–H and O–H groups in total. The molecule has 0 bridgehead atoms. The quantitative estimate of drug-likeness (QED) is 0.874. The lowest BCUT2D eigenvalue weighted by atomic mass is 10.2. The van der Waals surface area contributed by atoms with Crippen molar-refractivity contribution >= 4 is 17.3 Å². The summed E-state index contributed by atoms with van der Waals surface area (Å²) in [6.45, 7) is 3.08. The third-order valence-electron chi connectivity index (χ3n) is 3.93. The Kier molecular flexibility index (Phi) is 5.74. The molecule has 1 saturated heterocycles. The Labute approximate surface area is 147 Å². The van der Waals surface area contributed by atoms with E-state index in [1.807, 2.05) is 36.4 Å². The number of rotatable bonds is 6. The maximum Gasteiger partial charge on any atom is 0.262 e. The van der Waals surface area contributed by atoms with Crippen molar-refractivity contribution in [2.75, 3.05) is 50.2 Å². The third-order valence-corrected chi connectivity index (χ3v) is 3.93. The van der Waals surface area contributed by atoms with Crippen LogP contribution >= 0.6 is 0 Å². The minimum Gasteiger partial charge on any atom is -0.493 e. The van der Waals surface area contributed by atoms with Gasteiger partial charge >= 0.3 is 0 Å². The molecule has 3 rings (SSSR count). The normalized spacial score (nSPS) is 14.0. The van der Waals surface area contributed by atoms with Crippen molar-refractivity contribution in [3.05, 3.63) is 48.5 Å². The zero-order chi connectivity index (χ0) is 17.5. The second kappa shape index (κ2) is 8.39. The zero-order valence-electron chi connectivity index (χ0n) is 14.2. The Morgan fingerprint density at radius 1 is 1.12 bits per heavy atom. The van der Waals surface area contributed by atoms with E-state index < -0.39 is 0 Å². The van der Waals surface area contributed by atoms with Gasteiger partial charge < -0.3 is 24.4 Å². The number of hydrogen-bond donors (Lipinski definition) is 1. The van der Waals surface area contributed by atoms with Crippen LogP contribution in [0.1, 0.15) is 0 Å². The van der Waals surface area contributed by atoms with Crippen molar-refractivity contribution in [2.45, 2.75) is 0 Å². The average molecular weight is 342 g/mol. The molecule has 1 aliphatic rings. The van der Waals surface area contributed by atoms with Crippen molar-refractivity contribution in [1.29, 1.82) is 0 Å². The molecule has 6 nitrogen and oxygen atoms in total. The first-order chi connectivity index (χ1) is 12.3. The number of carbonyl (C=O) groups is 1. The number of amides is 1. The maximum atomic E-state index is 12.2. The minimum absolute atomic E-state index is 0.0812. The van der Waals surface area contributed by atoms with Crippen LogP contribution in [-0.4, -0.2) is 45.9 Å². The molecular formula is C19H22N2O4. The summed E-state index contributed by atoms with van der Waals surface area (Å²) >= 11 is 0.